The molecule has 2 N–H and O–H groups in total. The van der Waals surface area contributed by atoms with Gasteiger partial charge in [0.2, 0.25) is 5.91 Å². The highest BCUT2D eigenvalue weighted by Crippen LogP contribution is 2.19. The third-order valence-electron chi connectivity index (χ3n) is 3.27. The smallest absolute Gasteiger partial charge is 0.321 e. The zero-order valence-corrected chi connectivity index (χ0v) is 13.2. The van der Waals surface area contributed by atoms with Crippen molar-refractivity contribution < 1.29 is 9.59 Å². The molecule has 3 amide bonds. The van der Waals surface area contributed by atoms with Gasteiger partial charge in [-0.15, -0.1) is 11.6 Å². The minimum absolute atomic E-state index is 0.0676. The van der Waals surface area contributed by atoms with Crippen molar-refractivity contribution >= 4 is 23.5 Å². The van der Waals surface area contributed by atoms with Crippen LogP contribution in [0.1, 0.15) is 25.5 Å². The van der Waals surface area contributed by atoms with E-state index in [9.17, 15) is 9.59 Å². The van der Waals surface area contributed by atoms with Crippen molar-refractivity contribution in [3.63, 3.8) is 0 Å². The van der Waals surface area contributed by atoms with Crippen molar-refractivity contribution in [3.05, 3.63) is 35.9 Å². The Hall–Kier alpha value is -1.59. The molecule has 0 radical (unpaired) electrons. The first-order valence-corrected chi connectivity index (χ1v) is 7.58. The summed E-state index contributed by atoms with van der Waals surface area (Å²) in [5.41, 5.74) is 1.13. The maximum atomic E-state index is 11.6. The van der Waals surface area contributed by atoms with Gasteiger partial charge < -0.3 is 5.32 Å². The zero-order chi connectivity index (χ0) is 15.7. The molecule has 21 heavy (non-hydrogen) atoms. The number of rotatable bonds is 7. The molecule has 0 saturated carbocycles. The molecule has 0 aliphatic heterocycles. The molecule has 1 aromatic rings. The molecule has 0 aliphatic carbocycles. The summed E-state index contributed by atoms with van der Waals surface area (Å²) >= 11 is 5.35. The SMILES string of the molecule is CCN(CC)C(CNC(=O)NC(=O)CCl)c1ccccc1. The fourth-order valence-corrected chi connectivity index (χ4v) is 2.26. The molecule has 1 atom stereocenters. The van der Waals surface area contributed by atoms with E-state index in [2.05, 4.69) is 29.4 Å². The molecule has 0 aromatic heterocycles. The predicted molar refractivity (Wildman–Crippen MR) is 84.4 cm³/mol. The molecule has 0 fully saturated rings. The van der Waals surface area contributed by atoms with Gasteiger partial charge in [-0.05, 0) is 18.7 Å². The number of benzene rings is 1. The van der Waals surface area contributed by atoms with Gasteiger partial charge in [0.1, 0.15) is 5.88 Å². The van der Waals surface area contributed by atoms with Gasteiger partial charge >= 0.3 is 6.03 Å². The molecule has 116 valence electrons. The lowest BCUT2D eigenvalue weighted by molar-refractivity contribution is -0.117. The number of hydrogen-bond acceptors (Lipinski definition) is 3. The molecule has 1 unspecified atom stereocenters. The fourth-order valence-electron chi connectivity index (χ4n) is 2.19. The van der Waals surface area contributed by atoms with Crippen LogP contribution in [0.15, 0.2) is 30.3 Å². The average molecular weight is 312 g/mol. The number of likely N-dealkylation sites (N-methyl/N-ethyl adjacent to an activating group) is 1. The Labute approximate surface area is 130 Å². The second-order valence-corrected chi connectivity index (χ2v) is 4.81. The Balaban J connectivity index is 2.70. The zero-order valence-electron chi connectivity index (χ0n) is 12.4. The maximum absolute atomic E-state index is 11.6. The van der Waals surface area contributed by atoms with Crippen molar-refractivity contribution in [2.75, 3.05) is 25.5 Å². The van der Waals surface area contributed by atoms with Gasteiger partial charge in [0.05, 0.1) is 6.04 Å². The molecule has 0 spiro atoms. The highest BCUT2D eigenvalue weighted by Gasteiger charge is 2.18. The summed E-state index contributed by atoms with van der Waals surface area (Å²) in [6.45, 7) is 6.33. The first-order valence-electron chi connectivity index (χ1n) is 7.05. The molecule has 0 saturated heterocycles. The van der Waals surface area contributed by atoms with Gasteiger partial charge in [-0.1, -0.05) is 44.2 Å². The van der Waals surface area contributed by atoms with Gasteiger partial charge in [0.15, 0.2) is 0 Å². The molecule has 5 nitrogen and oxygen atoms in total. The van der Waals surface area contributed by atoms with E-state index in [-0.39, 0.29) is 11.9 Å². The van der Waals surface area contributed by atoms with Crippen LogP contribution in [0.25, 0.3) is 0 Å². The molecule has 0 bridgehead atoms. The number of halogens is 1. The standard InChI is InChI=1S/C15H22ClN3O2/c1-3-19(4-2)13(12-8-6-5-7-9-12)11-17-15(21)18-14(20)10-16/h5-9,13H,3-4,10-11H2,1-2H3,(H2,17,18,20,21). The second kappa shape index (κ2) is 9.37. The minimum atomic E-state index is -0.520. The van der Waals surface area contributed by atoms with Crippen LogP contribution in [0.5, 0.6) is 0 Å². The Morgan fingerprint density at radius 1 is 1.19 bits per heavy atom. The summed E-state index contributed by atoms with van der Waals surface area (Å²) in [5, 5.41) is 4.90. The summed E-state index contributed by atoms with van der Waals surface area (Å²) in [6, 6.07) is 9.53. The summed E-state index contributed by atoms with van der Waals surface area (Å²) in [5.74, 6) is -0.737. The van der Waals surface area contributed by atoms with Crippen molar-refractivity contribution in [1.82, 2.24) is 15.5 Å². The fraction of sp³-hybridized carbons (Fsp3) is 0.467. The molecule has 1 rings (SSSR count). The first-order chi connectivity index (χ1) is 10.1. The van der Waals surface area contributed by atoms with Crippen molar-refractivity contribution in [2.45, 2.75) is 19.9 Å². The molecule has 6 heteroatoms. The van der Waals surface area contributed by atoms with Crippen molar-refractivity contribution in [2.24, 2.45) is 0 Å². The van der Waals surface area contributed by atoms with Crippen LogP contribution < -0.4 is 10.6 Å². The largest absolute Gasteiger partial charge is 0.336 e. The van der Waals surface area contributed by atoms with Crippen molar-refractivity contribution in [1.29, 1.82) is 0 Å². The molecule has 0 heterocycles. The Bertz CT molecular complexity index is 449. The third kappa shape index (κ3) is 5.73. The quantitative estimate of drug-likeness (QED) is 0.758. The van der Waals surface area contributed by atoms with Gasteiger partial charge in [0, 0.05) is 6.54 Å². The van der Waals surface area contributed by atoms with E-state index in [1.807, 2.05) is 30.3 Å². The van der Waals surface area contributed by atoms with Crippen LogP contribution in [0.3, 0.4) is 0 Å². The lowest BCUT2D eigenvalue weighted by Crippen LogP contribution is -2.44. The molecular weight excluding hydrogens is 290 g/mol. The number of alkyl halides is 1. The first kappa shape index (κ1) is 17.5. The average Bonchev–Trinajstić information content (AvgIpc) is 2.52. The van der Waals surface area contributed by atoms with E-state index in [0.717, 1.165) is 18.7 Å². The number of carbonyl (C=O) groups excluding carboxylic acids is 2. The van der Waals surface area contributed by atoms with Crippen molar-refractivity contribution in [3.8, 4) is 0 Å². The highest BCUT2D eigenvalue weighted by molar-refractivity contribution is 6.28. The Kier molecular flexibility index (Phi) is 7.79. The van der Waals surface area contributed by atoms with Gasteiger partial charge in [-0.2, -0.15) is 0 Å². The van der Waals surface area contributed by atoms with Crippen LogP contribution in [-0.4, -0.2) is 42.4 Å². The van der Waals surface area contributed by atoms with Crippen LogP contribution in [-0.2, 0) is 4.79 Å². The number of nitrogens with one attached hydrogen (secondary N) is 2. The highest BCUT2D eigenvalue weighted by atomic mass is 35.5. The number of hydrogen-bond donors (Lipinski definition) is 2. The van der Waals surface area contributed by atoms with E-state index < -0.39 is 11.9 Å². The Morgan fingerprint density at radius 3 is 2.33 bits per heavy atom. The number of nitrogens with zero attached hydrogens (tertiary/aromatic N) is 1. The van der Waals surface area contributed by atoms with E-state index in [1.54, 1.807) is 0 Å². The van der Waals surface area contributed by atoms with E-state index in [0.29, 0.717) is 6.54 Å². The maximum Gasteiger partial charge on any atom is 0.321 e. The van der Waals surface area contributed by atoms with Crippen LogP contribution in [0.2, 0.25) is 0 Å². The van der Waals surface area contributed by atoms with Crippen LogP contribution in [0, 0.1) is 0 Å². The van der Waals surface area contributed by atoms with E-state index >= 15 is 0 Å². The number of amides is 3. The normalized spacial score (nSPS) is 12.0. The van der Waals surface area contributed by atoms with E-state index in [1.165, 1.54) is 0 Å². The number of imide groups is 1. The lowest BCUT2D eigenvalue weighted by atomic mass is 10.1. The van der Waals surface area contributed by atoms with E-state index in [4.69, 9.17) is 11.6 Å². The van der Waals surface area contributed by atoms with Crippen LogP contribution in [0.4, 0.5) is 4.79 Å². The summed E-state index contributed by atoms with van der Waals surface area (Å²) in [6.07, 6.45) is 0. The Morgan fingerprint density at radius 2 is 1.81 bits per heavy atom. The molecular formula is C15H22ClN3O2. The second-order valence-electron chi connectivity index (χ2n) is 4.54. The summed E-state index contributed by atoms with van der Waals surface area (Å²) in [7, 11) is 0. The van der Waals surface area contributed by atoms with Gasteiger partial charge in [-0.3, -0.25) is 15.0 Å². The predicted octanol–water partition coefficient (Wildman–Crippen LogP) is 2.13. The van der Waals surface area contributed by atoms with Gasteiger partial charge in [0.25, 0.3) is 0 Å². The molecule has 0 aliphatic rings. The monoisotopic (exact) mass is 311 g/mol. The number of urea groups is 1. The minimum Gasteiger partial charge on any atom is -0.336 e. The topological polar surface area (TPSA) is 61.4 Å². The summed E-state index contributed by atoms with van der Waals surface area (Å²) < 4.78 is 0. The number of carbonyl (C=O) groups is 2. The van der Waals surface area contributed by atoms with Crippen LogP contribution >= 0.6 is 11.6 Å². The summed E-state index contributed by atoms with van der Waals surface area (Å²) in [4.78, 5) is 24.9. The lowest BCUT2D eigenvalue weighted by Gasteiger charge is -2.30. The van der Waals surface area contributed by atoms with Gasteiger partial charge in [-0.25, -0.2) is 4.79 Å². The molecule has 1 aromatic carbocycles. The third-order valence-corrected chi connectivity index (χ3v) is 3.51.